The second-order valence-corrected chi connectivity index (χ2v) is 6.01. The van der Waals surface area contributed by atoms with E-state index in [1.807, 2.05) is 49.4 Å². The van der Waals surface area contributed by atoms with Crippen LogP contribution in [0, 0.1) is 0 Å². The molecular weight excluding hydrogens is 356 g/mol. The number of hydrogen-bond acceptors (Lipinski definition) is 6. The van der Waals surface area contributed by atoms with Gasteiger partial charge in [-0.1, -0.05) is 30.3 Å². The second kappa shape index (κ2) is 7.36. The number of nitrogens with zero attached hydrogens (tertiary/aromatic N) is 4. The number of ether oxygens (including phenoxy) is 1. The Balaban J connectivity index is 1.75. The van der Waals surface area contributed by atoms with Crippen molar-refractivity contribution in [2.75, 3.05) is 12.3 Å². The van der Waals surface area contributed by atoms with Crippen LogP contribution in [0.5, 0.6) is 5.75 Å². The molecule has 2 aromatic heterocycles. The molecule has 0 amide bonds. The second-order valence-electron chi connectivity index (χ2n) is 6.01. The lowest BCUT2D eigenvalue weighted by Gasteiger charge is -2.02. The number of hydrogen-bond donors (Lipinski definition) is 2. The summed E-state index contributed by atoms with van der Waals surface area (Å²) in [5, 5.41) is 11.2. The van der Waals surface area contributed by atoms with Crippen molar-refractivity contribution in [3.63, 3.8) is 0 Å². The monoisotopic (exact) mass is 374 g/mol. The maximum Gasteiger partial charge on any atom is 0.273 e. The molecule has 2 aromatic carbocycles. The summed E-state index contributed by atoms with van der Waals surface area (Å²) >= 11 is 0. The molecule has 0 aliphatic heterocycles. The summed E-state index contributed by atoms with van der Waals surface area (Å²) in [4.78, 5) is 17.0. The Kier molecular flexibility index (Phi) is 4.59. The zero-order valence-corrected chi connectivity index (χ0v) is 15.2. The Labute approximate surface area is 160 Å². The lowest BCUT2D eigenvalue weighted by atomic mass is 10.1. The molecule has 4 aromatic rings. The van der Waals surface area contributed by atoms with Crippen molar-refractivity contribution in [1.29, 1.82) is 0 Å². The molecule has 0 saturated carbocycles. The van der Waals surface area contributed by atoms with Gasteiger partial charge in [-0.2, -0.15) is 9.63 Å². The molecule has 2 heterocycles. The Bertz CT molecular complexity index is 1190. The minimum absolute atomic E-state index is 0.212. The van der Waals surface area contributed by atoms with Gasteiger partial charge in [0.15, 0.2) is 11.3 Å². The highest BCUT2D eigenvalue weighted by molar-refractivity contribution is 5.77. The topological polar surface area (TPSA) is 110 Å². The van der Waals surface area contributed by atoms with Gasteiger partial charge in [-0.25, -0.2) is 4.98 Å². The molecule has 0 fully saturated rings. The minimum atomic E-state index is -0.280. The fraction of sp³-hybridized carbons (Fsp3) is 0.100. The number of H-pyrrole nitrogens is 1. The van der Waals surface area contributed by atoms with E-state index in [9.17, 15) is 4.79 Å². The lowest BCUT2D eigenvalue weighted by Crippen LogP contribution is -2.14. The van der Waals surface area contributed by atoms with Gasteiger partial charge in [0, 0.05) is 11.6 Å². The van der Waals surface area contributed by atoms with Crippen LogP contribution in [-0.4, -0.2) is 21.2 Å². The van der Waals surface area contributed by atoms with Crippen LogP contribution in [0.2, 0.25) is 0 Å². The van der Waals surface area contributed by atoms with Gasteiger partial charge in [0.25, 0.3) is 5.56 Å². The number of aromatic amines is 1. The third kappa shape index (κ3) is 3.35. The molecule has 0 unspecified atom stereocenters. The summed E-state index contributed by atoms with van der Waals surface area (Å²) in [6.45, 7) is 2.52. The van der Waals surface area contributed by atoms with Crippen LogP contribution >= 0.6 is 0 Å². The zero-order valence-electron chi connectivity index (χ0n) is 15.2. The number of nitrogens with one attached hydrogen (secondary N) is 1. The maximum atomic E-state index is 12.5. The average molecular weight is 374 g/mol. The van der Waals surface area contributed by atoms with Crippen molar-refractivity contribution in [2.24, 2.45) is 10.2 Å². The maximum absolute atomic E-state index is 12.5. The summed E-state index contributed by atoms with van der Waals surface area (Å²) in [6, 6.07) is 18.1. The largest absolute Gasteiger partial charge is 0.494 e. The van der Waals surface area contributed by atoms with Gasteiger partial charge in [-0.3, -0.25) is 9.89 Å². The molecule has 0 saturated heterocycles. The zero-order chi connectivity index (χ0) is 19.5. The summed E-state index contributed by atoms with van der Waals surface area (Å²) < 4.78 is 6.67. The van der Waals surface area contributed by atoms with E-state index >= 15 is 0 Å². The number of benzene rings is 2. The van der Waals surface area contributed by atoms with Gasteiger partial charge < -0.3 is 10.5 Å². The molecule has 0 atom stereocenters. The standard InChI is InChI=1S/C20H18N6O2/c1-2-28-15-10-8-14(9-11-15)23-24-18-19(21)25-26-17(27)12-16(22-20(18)26)13-6-4-3-5-7-13/h3-12,25H,2,21H2,1H3. The number of aromatic nitrogens is 3. The molecule has 0 aliphatic rings. The Morgan fingerprint density at radius 3 is 2.57 bits per heavy atom. The molecule has 8 heteroatoms. The number of fused-ring (bicyclic) bond motifs is 1. The van der Waals surface area contributed by atoms with Gasteiger partial charge in [0.1, 0.15) is 11.6 Å². The third-order valence-corrected chi connectivity index (χ3v) is 4.10. The summed E-state index contributed by atoms with van der Waals surface area (Å²) in [5.74, 6) is 0.971. The first kappa shape index (κ1) is 17.5. The molecule has 140 valence electrons. The highest BCUT2D eigenvalue weighted by atomic mass is 16.5. The molecule has 0 aliphatic carbocycles. The first-order valence-electron chi connectivity index (χ1n) is 8.77. The van der Waals surface area contributed by atoms with Crippen LogP contribution in [0.25, 0.3) is 16.9 Å². The molecular formula is C20H18N6O2. The molecule has 28 heavy (non-hydrogen) atoms. The lowest BCUT2D eigenvalue weighted by molar-refractivity contribution is 0.340. The van der Waals surface area contributed by atoms with Crippen molar-refractivity contribution in [3.05, 3.63) is 71.0 Å². The highest BCUT2D eigenvalue weighted by Crippen LogP contribution is 2.29. The number of nitrogens with two attached hydrogens (primary N) is 1. The molecule has 8 nitrogen and oxygen atoms in total. The van der Waals surface area contributed by atoms with E-state index in [0.29, 0.717) is 29.3 Å². The first-order chi connectivity index (χ1) is 13.7. The number of nitrogen functional groups attached to an aromatic ring is 1. The summed E-state index contributed by atoms with van der Waals surface area (Å²) in [6.07, 6.45) is 0. The van der Waals surface area contributed by atoms with E-state index in [1.165, 1.54) is 10.6 Å². The normalized spacial score (nSPS) is 11.3. The van der Waals surface area contributed by atoms with Crippen molar-refractivity contribution in [2.45, 2.75) is 6.92 Å². The average Bonchev–Trinajstić information content (AvgIpc) is 3.04. The van der Waals surface area contributed by atoms with Gasteiger partial charge in [-0.05, 0) is 31.2 Å². The fourth-order valence-electron chi connectivity index (χ4n) is 2.78. The van der Waals surface area contributed by atoms with Crippen LogP contribution in [0.3, 0.4) is 0 Å². The van der Waals surface area contributed by atoms with Gasteiger partial charge in [-0.15, -0.1) is 5.11 Å². The van der Waals surface area contributed by atoms with Gasteiger partial charge in [0.05, 0.1) is 18.0 Å². The van der Waals surface area contributed by atoms with Crippen LogP contribution in [-0.2, 0) is 0 Å². The van der Waals surface area contributed by atoms with Crippen molar-refractivity contribution >= 4 is 22.8 Å². The van der Waals surface area contributed by atoms with Gasteiger partial charge in [0.2, 0.25) is 0 Å². The van der Waals surface area contributed by atoms with Crippen LogP contribution < -0.4 is 16.0 Å². The quantitative estimate of drug-likeness (QED) is 0.513. The van der Waals surface area contributed by atoms with Crippen molar-refractivity contribution in [3.8, 4) is 17.0 Å². The smallest absolute Gasteiger partial charge is 0.273 e. The number of azo groups is 1. The van der Waals surface area contributed by atoms with E-state index in [1.54, 1.807) is 12.1 Å². The van der Waals surface area contributed by atoms with Gasteiger partial charge >= 0.3 is 0 Å². The molecule has 3 N–H and O–H groups in total. The van der Waals surface area contributed by atoms with Crippen molar-refractivity contribution in [1.82, 2.24) is 14.6 Å². The Hall–Kier alpha value is -3.94. The highest BCUT2D eigenvalue weighted by Gasteiger charge is 2.14. The molecule has 0 spiro atoms. The van der Waals surface area contributed by atoms with E-state index in [-0.39, 0.29) is 11.4 Å². The molecule has 0 bridgehead atoms. The SMILES string of the molecule is CCOc1ccc(N=Nc2c(N)[nH]n3c(=O)cc(-c4ccccc4)nc23)cc1. The number of anilines is 1. The van der Waals surface area contributed by atoms with Crippen LogP contribution in [0.15, 0.2) is 75.7 Å². The van der Waals surface area contributed by atoms with E-state index in [0.717, 1.165) is 11.3 Å². The van der Waals surface area contributed by atoms with Crippen LogP contribution in [0.1, 0.15) is 6.92 Å². The summed E-state index contributed by atoms with van der Waals surface area (Å²) in [7, 11) is 0. The van der Waals surface area contributed by atoms with E-state index < -0.39 is 0 Å². The minimum Gasteiger partial charge on any atom is -0.494 e. The number of rotatable bonds is 5. The Morgan fingerprint density at radius 2 is 1.86 bits per heavy atom. The van der Waals surface area contributed by atoms with E-state index in [4.69, 9.17) is 10.5 Å². The fourth-order valence-corrected chi connectivity index (χ4v) is 2.78. The third-order valence-electron chi connectivity index (χ3n) is 4.10. The summed E-state index contributed by atoms with van der Waals surface area (Å²) in [5.41, 5.74) is 8.36. The van der Waals surface area contributed by atoms with Crippen LogP contribution in [0.4, 0.5) is 17.2 Å². The Morgan fingerprint density at radius 1 is 1.11 bits per heavy atom. The predicted octanol–water partition coefficient (Wildman–Crippen LogP) is 4.09. The van der Waals surface area contributed by atoms with E-state index in [2.05, 4.69) is 20.3 Å². The first-order valence-corrected chi connectivity index (χ1v) is 8.77. The molecule has 4 rings (SSSR count). The van der Waals surface area contributed by atoms with Crippen molar-refractivity contribution < 1.29 is 4.74 Å². The molecule has 0 radical (unpaired) electrons. The predicted molar refractivity (Wildman–Crippen MR) is 107 cm³/mol.